The van der Waals surface area contributed by atoms with Crippen LogP contribution in [-0.2, 0) is 13.0 Å². The number of hydrogen-bond donors (Lipinski definition) is 1. The molecule has 0 aliphatic carbocycles. The van der Waals surface area contributed by atoms with Crippen LogP contribution in [0.25, 0.3) is 0 Å². The highest BCUT2D eigenvalue weighted by Crippen LogP contribution is 2.25. The molecule has 0 spiro atoms. The maximum absolute atomic E-state index is 11.2. The highest BCUT2D eigenvalue weighted by molar-refractivity contribution is 7.99. The Hall–Kier alpha value is -1.26. The number of thioether (sulfide) groups is 1. The number of imidazole rings is 1. The van der Waals surface area contributed by atoms with E-state index in [9.17, 15) is 5.11 Å². The van der Waals surface area contributed by atoms with Gasteiger partial charge in [0, 0.05) is 23.7 Å². The van der Waals surface area contributed by atoms with Gasteiger partial charge in [0.15, 0.2) is 0 Å². The lowest BCUT2D eigenvalue weighted by molar-refractivity contribution is 0.0124. The summed E-state index contributed by atoms with van der Waals surface area (Å²) in [6.07, 6.45) is 10.3. The van der Waals surface area contributed by atoms with Crippen LogP contribution >= 0.6 is 11.8 Å². The Morgan fingerprint density at radius 1 is 1.24 bits per heavy atom. The molecule has 138 valence electrons. The Kier molecular flexibility index (Phi) is 8.04. The summed E-state index contributed by atoms with van der Waals surface area (Å²) < 4.78 is 1.98. The van der Waals surface area contributed by atoms with E-state index < -0.39 is 5.60 Å². The van der Waals surface area contributed by atoms with Gasteiger partial charge in [-0.2, -0.15) is 0 Å². The third-order valence-electron chi connectivity index (χ3n) is 4.45. The molecule has 0 aliphatic rings. The van der Waals surface area contributed by atoms with Crippen molar-refractivity contribution >= 4 is 11.8 Å². The first kappa shape index (κ1) is 20.1. The molecule has 1 atom stereocenters. The van der Waals surface area contributed by atoms with E-state index in [-0.39, 0.29) is 0 Å². The predicted octanol–water partition coefficient (Wildman–Crippen LogP) is 5.19. The lowest BCUT2D eigenvalue weighted by atomic mass is 9.89. The molecule has 4 heteroatoms. The van der Waals surface area contributed by atoms with Crippen molar-refractivity contribution in [3.63, 3.8) is 0 Å². The van der Waals surface area contributed by atoms with Crippen LogP contribution in [0.4, 0.5) is 0 Å². The van der Waals surface area contributed by atoms with Crippen molar-refractivity contribution < 1.29 is 5.11 Å². The summed E-state index contributed by atoms with van der Waals surface area (Å²) in [5.41, 5.74) is 0.482. The topological polar surface area (TPSA) is 38.0 Å². The molecule has 1 aromatic heterocycles. The first-order valence-electron chi connectivity index (χ1n) is 9.40. The lowest BCUT2D eigenvalue weighted by Crippen LogP contribution is -2.36. The zero-order valence-corrected chi connectivity index (χ0v) is 16.6. The highest BCUT2D eigenvalue weighted by Gasteiger charge is 2.27. The largest absolute Gasteiger partial charge is 0.388 e. The second-order valence-corrected chi connectivity index (χ2v) is 8.58. The maximum atomic E-state index is 11.2. The minimum absolute atomic E-state index is 0.595. The minimum Gasteiger partial charge on any atom is -0.388 e. The second kappa shape index (κ2) is 10.0. The number of aliphatic hydroxyl groups is 1. The Bertz CT molecular complexity index is 595. The summed E-state index contributed by atoms with van der Waals surface area (Å²) in [4.78, 5) is 5.41. The van der Waals surface area contributed by atoms with Gasteiger partial charge in [0.25, 0.3) is 0 Å². The fraction of sp³-hybridized carbons (Fsp3) is 0.571. The van der Waals surface area contributed by atoms with Crippen LogP contribution in [0.1, 0.15) is 52.0 Å². The first-order valence-corrected chi connectivity index (χ1v) is 10.4. The van der Waals surface area contributed by atoms with Gasteiger partial charge in [0.05, 0.1) is 18.5 Å². The van der Waals surface area contributed by atoms with Crippen LogP contribution in [0, 0.1) is 5.92 Å². The second-order valence-electron chi connectivity index (χ2n) is 7.41. The number of unbranched alkanes of at least 4 members (excludes halogenated alkanes) is 1. The third-order valence-corrected chi connectivity index (χ3v) is 5.50. The molecule has 0 saturated heterocycles. The molecule has 0 aliphatic heterocycles. The predicted molar refractivity (Wildman–Crippen MR) is 107 cm³/mol. The summed E-state index contributed by atoms with van der Waals surface area (Å²) in [6.45, 7) is 7.29. The van der Waals surface area contributed by atoms with Crippen LogP contribution in [-0.4, -0.2) is 26.0 Å². The van der Waals surface area contributed by atoms with Gasteiger partial charge < -0.3 is 9.67 Å². The molecule has 1 heterocycles. The molecule has 1 aromatic carbocycles. The minimum atomic E-state index is -0.719. The molecule has 1 N–H and O–H groups in total. The number of nitrogens with zero attached hydrogens (tertiary/aromatic N) is 2. The van der Waals surface area contributed by atoms with Gasteiger partial charge in [-0.25, -0.2) is 4.98 Å². The van der Waals surface area contributed by atoms with E-state index in [4.69, 9.17) is 0 Å². The molecule has 0 saturated carbocycles. The average molecular weight is 361 g/mol. The van der Waals surface area contributed by atoms with E-state index in [0.717, 1.165) is 30.9 Å². The Morgan fingerprint density at radius 3 is 2.60 bits per heavy atom. The number of rotatable bonds is 11. The Balaban J connectivity index is 1.97. The standard InChI is InChI=1S/C21H32N2OS/c1-4-5-11-21(24,16-23-13-12-22-17-23)15-19-6-8-20(9-7-19)25-14-10-18(2)3/h6-9,12-13,17-18,24H,4-5,10-11,14-16H2,1-3H3. The van der Waals surface area contributed by atoms with Crippen LogP contribution in [0.2, 0.25) is 0 Å². The fourth-order valence-electron chi connectivity index (χ4n) is 2.95. The molecule has 0 radical (unpaired) electrons. The quantitative estimate of drug-likeness (QED) is 0.561. The van der Waals surface area contributed by atoms with Gasteiger partial charge in [-0.05, 0) is 42.2 Å². The first-order chi connectivity index (χ1) is 12.0. The molecule has 0 amide bonds. The molecule has 2 aromatic rings. The maximum Gasteiger partial charge on any atom is 0.0946 e. The number of benzene rings is 1. The summed E-state index contributed by atoms with van der Waals surface area (Å²) in [5.74, 6) is 1.92. The van der Waals surface area contributed by atoms with E-state index >= 15 is 0 Å². The van der Waals surface area contributed by atoms with Gasteiger partial charge in [0.1, 0.15) is 0 Å². The third kappa shape index (κ3) is 7.25. The van der Waals surface area contributed by atoms with Crippen molar-refractivity contribution in [2.45, 2.75) is 69.9 Å². The van der Waals surface area contributed by atoms with Crippen molar-refractivity contribution in [2.75, 3.05) is 5.75 Å². The van der Waals surface area contributed by atoms with E-state index in [1.165, 1.54) is 16.9 Å². The SMILES string of the molecule is CCCCC(O)(Cc1ccc(SCCC(C)C)cc1)Cn1ccnc1. The smallest absolute Gasteiger partial charge is 0.0946 e. The van der Waals surface area contributed by atoms with Crippen LogP contribution in [0.5, 0.6) is 0 Å². The molecule has 0 fully saturated rings. The van der Waals surface area contributed by atoms with Gasteiger partial charge in [0.2, 0.25) is 0 Å². The Labute approximate surface area is 156 Å². The van der Waals surface area contributed by atoms with Crippen molar-refractivity contribution in [1.82, 2.24) is 9.55 Å². The monoisotopic (exact) mass is 360 g/mol. The van der Waals surface area contributed by atoms with Gasteiger partial charge in [-0.1, -0.05) is 45.7 Å². The molecule has 3 nitrogen and oxygen atoms in total. The molecule has 1 unspecified atom stereocenters. The van der Waals surface area contributed by atoms with Gasteiger partial charge in [-0.3, -0.25) is 0 Å². The van der Waals surface area contributed by atoms with E-state index in [1.54, 1.807) is 12.5 Å². The van der Waals surface area contributed by atoms with Gasteiger partial charge in [-0.15, -0.1) is 11.8 Å². The fourth-order valence-corrected chi connectivity index (χ4v) is 4.10. The summed E-state index contributed by atoms with van der Waals surface area (Å²) in [5, 5.41) is 11.2. The molecular weight excluding hydrogens is 328 g/mol. The number of aromatic nitrogens is 2. The van der Waals surface area contributed by atoms with Crippen LogP contribution < -0.4 is 0 Å². The van der Waals surface area contributed by atoms with E-state index in [0.29, 0.717) is 13.0 Å². The molecule has 0 bridgehead atoms. The summed E-state index contributed by atoms with van der Waals surface area (Å²) in [7, 11) is 0. The Morgan fingerprint density at radius 2 is 2.00 bits per heavy atom. The van der Waals surface area contributed by atoms with Crippen molar-refractivity contribution in [1.29, 1.82) is 0 Å². The average Bonchev–Trinajstić information content (AvgIpc) is 3.07. The summed E-state index contributed by atoms with van der Waals surface area (Å²) >= 11 is 1.92. The van der Waals surface area contributed by atoms with E-state index in [2.05, 4.69) is 50.0 Å². The van der Waals surface area contributed by atoms with Crippen LogP contribution in [0.3, 0.4) is 0 Å². The van der Waals surface area contributed by atoms with Gasteiger partial charge >= 0.3 is 0 Å². The lowest BCUT2D eigenvalue weighted by Gasteiger charge is -2.29. The van der Waals surface area contributed by atoms with E-state index in [1.807, 2.05) is 22.5 Å². The molecule has 25 heavy (non-hydrogen) atoms. The highest BCUT2D eigenvalue weighted by atomic mass is 32.2. The zero-order valence-electron chi connectivity index (χ0n) is 15.8. The van der Waals surface area contributed by atoms with Crippen molar-refractivity contribution in [3.05, 3.63) is 48.5 Å². The zero-order chi connectivity index (χ0) is 18.1. The van der Waals surface area contributed by atoms with Crippen molar-refractivity contribution in [3.8, 4) is 0 Å². The molecule has 2 rings (SSSR count). The molecular formula is C21H32N2OS. The van der Waals surface area contributed by atoms with Crippen molar-refractivity contribution in [2.24, 2.45) is 5.92 Å². The summed E-state index contributed by atoms with van der Waals surface area (Å²) in [6, 6.07) is 8.72. The van der Waals surface area contributed by atoms with Crippen LogP contribution in [0.15, 0.2) is 47.9 Å². The number of hydrogen-bond acceptors (Lipinski definition) is 3. The normalized spacial score (nSPS) is 14.0.